The van der Waals surface area contributed by atoms with E-state index in [1.807, 2.05) is 30.3 Å². The third-order valence-corrected chi connectivity index (χ3v) is 6.13. The van der Waals surface area contributed by atoms with Gasteiger partial charge in [0.1, 0.15) is 5.75 Å². The average molecular weight is 550 g/mol. The third-order valence-electron chi connectivity index (χ3n) is 6.13. The molecule has 1 saturated carbocycles. The molecule has 3 rings (SSSR count). The lowest BCUT2D eigenvalue weighted by atomic mass is 9.78. The van der Waals surface area contributed by atoms with E-state index in [9.17, 15) is 4.79 Å². The number of hydrogen-bond acceptors (Lipinski definition) is 3. The van der Waals surface area contributed by atoms with Crippen molar-refractivity contribution in [1.82, 2.24) is 15.5 Å². The van der Waals surface area contributed by atoms with Crippen LogP contribution in [-0.4, -0.2) is 51.6 Å². The lowest BCUT2D eigenvalue weighted by Crippen LogP contribution is -2.44. The minimum atomic E-state index is 0. The van der Waals surface area contributed by atoms with Gasteiger partial charge in [0, 0.05) is 45.2 Å². The van der Waals surface area contributed by atoms with Crippen LogP contribution in [0.4, 0.5) is 0 Å². The van der Waals surface area contributed by atoms with E-state index in [1.165, 1.54) is 18.4 Å². The van der Waals surface area contributed by atoms with Crippen LogP contribution in [0.25, 0.3) is 0 Å². The van der Waals surface area contributed by atoms with Gasteiger partial charge >= 0.3 is 0 Å². The molecule has 2 N–H and O–H groups in total. The maximum atomic E-state index is 12.0. The highest BCUT2D eigenvalue weighted by atomic mass is 127. The molecule has 0 aromatic heterocycles. The van der Waals surface area contributed by atoms with Crippen molar-refractivity contribution in [3.8, 4) is 5.75 Å². The van der Waals surface area contributed by atoms with Crippen LogP contribution in [-0.2, 0) is 12.0 Å². The van der Waals surface area contributed by atoms with Gasteiger partial charge in [-0.25, -0.2) is 0 Å². The summed E-state index contributed by atoms with van der Waals surface area (Å²) in [5.74, 6) is 1.70. The number of guanidine groups is 1. The molecular formula is C25H35IN4O2. The first kappa shape index (κ1) is 26.0. The number of methoxy groups -OCH3 is 1. The number of benzene rings is 2. The molecule has 32 heavy (non-hydrogen) atoms. The van der Waals surface area contributed by atoms with Gasteiger partial charge in [0.2, 0.25) is 0 Å². The second-order valence-electron chi connectivity index (χ2n) is 8.40. The first-order valence-corrected chi connectivity index (χ1v) is 10.9. The zero-order valence-corrected chi connectivity index (χ0v) is 21.8. The second-order valence-corrected chi connectivity index (χ2v) is 8.40. The summed E-state index contributed by atoms with van der Waals surface area (Å²) < 4.78 is 5.45. The standard InChI is InChI=1S/C25H34N4O2.HI/c1-26-24(27-17-19-10-12-20(13-11-19)23(30)29(2)3)28-18-25(14-5-6-15-25)21-8-7-9-22(16-21)31-4;/h7-13,16H,5-6,14-15,17-18H2,1-4H3,(H2,26,27,28);1H. The molecule has 0 spiro atoms. The molecule has 1 amide bonds. The van der Waals surface area contributed by atoms with Gasteiger partial charge in [0.05, 0.1) is 7.11 Å². The Balaban J connectivity index is 0.00000363. The SMILES string of the molecule is CN=C(NCc1ccc(C(=O)N(C)C)cc1)NCC1(c2cccc(OC)c2)CCCC1.I. The quantitative estimate of drug-likeness (QED) is 0.308. The normalized spacial score (nSPS) is 14.9. The summed E-state index contributed by atoms with van der Waals surface area (Å²) in [6, 6.07) is 16.1. The molecule has 6 nitrogen and oxygen atoms in total. The zero-order valence-electron chi connectivity index (χ0n) is 19.5. The molecule has 1 fully saturated rings. The molecule has 1 aliphatic rings. The number of carbonyl (C=O) groups is 1. The summed E-state index contributed by atoms with van der Waals surface area (Å²) in [4.78, 5) is 18.0. The van der Waals surface area contributed by atoms with Gasteiger partial charge in [-0.1, -0.05) is 37.1 Å². The van der Waals surface area contributed by atoms with Gasteiger partial charge in [0.25, 0.3) is 5.91 Å². The minimum Gasteiger partial charge on any atom is -0.497 e. The predicted octanol–water partition coefficient (Wildman–Crippen LogP) is 4.19. The number of nitrogens with one attached hydrogen (secondary N) is 2. The van der Waals surface area contributed by atoms with E-state index in [4.69, 9.17) is 4.74 Å². The monoisotopic (exact) mass is 550 g/mol. The fourth-order valence-corrected chi connectivity index (χ4v) is 4.25. The molecular weight excluding hydrogens is 515 g/mol. The number of ether oxygens (including phenoxy) is 1. The molecule has 0 bridgehead atoms. The van der Waals surface area contributed by atoms with Crippen molar-refractivity contribution >= 4 is 35.8 Å². The van der Waals surface area contributed by atoms with E-state index in [0.717, 1.165) is 36.7 Å². The molecule has 174 valence electrons. The van der Waals surface area contributed by atoms with Gasteiger partial charge in [0.15, 0.2) is 5.96 Å². The van der Waals surface area contributed by atoms with Crippen molar-refractivity contribution in [2.45, 2.75) is 37.6 Å². The van der Waals surface area contributed by atoms with Gasteiger partial charge in [-0.3, -0.25) is 9.79 Å². The first-order chi connectivity index (χ1) is 15.0. The van der Waals surface area contributed by atoms with Gasteiger partial charge in [-0.2, -0.15) is 0 Å². The summed E-state index contributed by atoms with van der Waals surface area (Å²) in [6.07, 6.45) is 4.79. The molecule has 0 saturated heterocycles. The Kier molecular flexibility index (Phi) is 9.81. The third kappa shape index (κ3) is 6.37. The number of nitrogens with zero attached hydrogens (tertiary/aromatic N) is 2. The van der Waals surface area contributed by atoms with E-state index in [-0.39, 0.29) is 35.3 Å². The number of halogens is 1. The number of amides is 1. The highest BCUT2D eigenvalue weighted by Gasteiger charge is 2.36. The molecule has 2 aromatic carbocycles. The second kappa shape index (κ2) is 12.1. The van der Waals surface area contributed by atoms with Gasteiger partial charge in [-0.15, -0.1) is 24.0 Å². The van der Waals surface area contributed by atoms with Crippen LogP contribution >= 0.6 is 24.0 Å². The Morgan fingerprint density at radius 3 is 2.38 bits per heavy atom. The van der Waals surface area contributed by atoms with E-state index < -0.39 is 0 Å². The highest BCUT2D eigenvalue weighted by Crippen LogP contribution is 2.41. The highest BCUT2D eigenvalue weighted by molar-refractivity contribution is 14.0. The van der Waals surface area contributed by atoms with E-state index >= 15 is 0 Å². The summed E-state index contributed by atoms with van der Waals surface area (Å²) in [5.41, 5.74) is 3.22. The van der Waals surface area contributed by atoms with Crippen molar-refractivity contribution in [2.75, 3.05) is 34.8 Å². The lowest BCUT2D eigenvalue weighted by Gasteiger charge is -2.31. The zero-order chi connectivity index (χ0) is 22.3. The first-order valence-electron chi connectivity index (χ1n) is 10.9. The Morgan fingerprint density at radius 2 is 1.78 bits per heavy atom. The molecule has 0 atom stereocenters. The number of hydrogen-bond donors (Lipinski definition) is 2. The Bertz CT molecular complexity index is 906. The fourth-order valence-electron chi connectivity index (χ4n) is 4.25. The number of aliphatic imine (C=N–C) groups is 1. The summed E-state index contributed by atoms with van der Waals surface area (Å²) in [5, 5.41) is 6.93. The van der Waals surface area contributed by atoms with Crippen molar-refractivity contribution in [3.63, 3.8) is 0 Å². The van der Waals surface area contributed by atoms with Crippen LogP contribution in [0.2, 0.25) is 0 Å². The Hall–Kier alpha value is -2.29. The van der Waals surface area contributed by atoms with Crippen molar-refractivity contribution in [1.29, 1.82) is 0 Å². The molecule has 7 heteroatoms. The molecule has 2 aromatic rings. The summed E-state index contributed by atoms with van der Waals surface area (Å²) >= 11 is 0. The van der Waals surface area contributed by atoms with Gasteiger partial charge < -0.3 is 20.3 Å². The fraction of sp³-hybridized carbons (Fsp3) is 0.440. The molecule has 0 unspecified atom stereocenters. The van der Waals surface area contributed by atoms with E-state index in [1.54, 1.807) is 33.2 Å². The average Bonchev–Trinajstić information content (AvgIpc) is 3.29. The molecule has 1 aliphatic carbocycles. The molecule has 0 heterocycles. The largest absolute Gasteiger partial charge is 0.497 e. The Labute approximate surface area is 208 Å². The molecule has 0 radical (unpaired) electrons. The predicted molar refractivity (Wildman–Crippen MR) is 141 cm³/mol. The Morgan fingerprint density at radius 1 is 1.09 bits per heavy atom. The van der Waals surface area contributed by atoms with Crippen LogP contribution in [0.3, 0.4) is 0 Å². The van der Waals surface area contributed by atoms with Crippen LogP contribution in [0.5, 0.6) is 5.75 Å². The van der Waals surface area contributed by atoms with Crippen LogP contribution < -0.4 is 15.4 Å². The summed E-state index contributed by atoms with van der Waals surface area (Å²) in [7, 11) is 7.03. The van der Waals surface area contributed by atoms with Crippen molar-refractivity contribution in [3.05, 3.63) is 65.2 Å². The summed E-state index contributed by atoms with van der Waals surface area (Å²) in [6.45, 7) is 1.47. The number of rotatable bonds is 7. The van der Waals surface area contributed by atoms with Crippen LogP contribution in [0.1, 0.15) is 47.2 Å². The maximum absolute atomic E-state index is 12.0. The topological polar surface area (TPSA) is 66.0 Å². The van der Waals surface area contributed by atoms with Crippen LogP contribution in [0, 0.1) is 0 Å². The van der Waals surface area contributed by atoms with Crippen molar-refractivity contribution < 1.29 is 9.53 Å². The van der Waals surface area contributed by atoms with Crippen molar-refractivity contribution in [2.24, 2.45) is 4.99 Å². The van der Waals surface area contributed by atoms with Crippen LogP contribution in [0.15, 0.2) is 53.5 Å². The smallest absolute Gasteiger partial charge is 0.253 e. The lowest BCUT2D eigenvalue weighted by molar-refractivity contribution is 0.0827. The minimum absolute atomic E-state index is 0. The maximum Gasteiger partial charge on any atom is 0.253 e. The van der Waals surface area contributed by atoms with Gasteiger partial charge in [-0.05, 0) is 48.2 Å². The van der Waals surface area contributed by atoms with E-state index in [2.05, 4.69) is 33.8 Å². The number of carbonyl (C=O) groups excluding carboxylic acids is 1. The van der Waals surface area contributed by atoms with E-state index in [0.29, 0.717) is 12.1 Å². The molecule has 0 aliphatic heterocycles.